The Hall–Kier alpha value is -1.38. The summed E-state index contributed by atoms with van der Waals surface area (Å²) in [5, 5.41) is 21.6. The number of H-pyrrole nitrogens is 1. The molecule has 3 N–H and O–H groups in total. The minimum atomic E-state index is 0. The van der Waals surface area contributed by atoms with Crippen LogP contribution < -0.4 is 10.1 Å². The Balaban J connectivity index is 0. The first-order valence-electron chi connectivity index (χ1n) is 5.30. The molecule has 0 spiro atoms. The number of benzene rings is 2. The summed E-state index contributed by atoms with van der Waals surface area (Å²) >= 11 is 0. The molecule has 96 valence electrons. The topological polar surface area (TPSA) is 87.4 Å². The molecule has 2 aromatic carbocycles. The zero-order valence-electron chi connectivity index (χ0n) is 11.3. The van der Waals surface area contributed by atoms with Crippen molar-refractivity contribution >= 4 is 31.8 Å². The van der Waals surface area contributed by atoms with Gasteiger partial charge in [-0.25, -0.2) is 4.98 Å². The van der Waals surface area contributed by atoms with Crippen molar-refractivity contribution in [2.45, 2.75) is 0 Å². The van der Waals surface area contributed by atoms with Crippen LogP contribution in [0.1, 0.15) is 0 Å². The van der Waals surface area contributed by atoms with Gasteiger partial charge in [0.05, 0.1) is 0 Å². The summed E-state index contributed by atoms with van der Waals surface area (Å²) in [4.78, 5) is 3.13. The summed E-state index contributed by atoms with van der Waals surface area (Å²) in [6, 6.07) is 13.3. The molecule has 0 saturated heterocycles. The van der Waals surface area contributed by atoms with Crippen molar-refractivity contribution < 1.29 is 40.2 Å². The van der Waals surface area contributed by atoms with Crippen molar-refractivity contribution in [2.75, 3.05) is 7.11 Å². The third-order valence-corrected chi connectivity index (χ3v) is 2.64. The Labute approximate surface area is 133 Å². The number of aromatic nitrogens is 1. The molecule has 0 aliphatic carbocycles. The molecule has 6 heteroatoms. The van der Waals surface area contributed by atoms with Gasteiger partial charge in [0.1, 0.15) is 0 Å². The number of fused-ring (bicyclic) bond motifs is 3. The van der Waals surface area contributed by atoms with E-state index >= 15 is 0 Å². The van der Waals surface area contributed by atoms with Gasteiger partial charge in [-0.1, -0.05) is 30.0 Å². The molecule has 0 amide bonds. The van der Waals surface area contributed by atoms with Crippen LogP contribution in [0.4, 0.5) is 0 Å². The van der Waals surface area contributed by atoms with Crippen LogP contribution >= 0.6 is 0 Å². The molecule has 20 heavy (non-hydrogen) atoms. The largest absolute Gasteiger partial charge is 2.00 e. The molecule has 0 unspecified atom stereocenters. The third-order valence-electron chi connectivity index (χ3n) is 2.64. The fourth-order valence-electron chi connectivity index (χ4n) is 1.94. The van der Waals surface area contributed by atoms with Crippen LogP contribution in [0.5, 0.6) is 5.75 Å². The summed E-state index contributed by atoms with van der Waals surface area (Å²) in [5.41, 5.74) is 0.917. The molecule has 3 aromatic rings. The third kappa shape index (κ3) is 3.81. The van der Waals surface area contributed by atoms with E-state index in [9.17, 15) is 5.11 Å². The van der Waals surface area contributed by atoms with Gasteiger partial charge in [-0.15, -0.1) is 0 Å². The maximum Gasteiger partial charge on any atom is 2.00 e. The number of aliphatic hydroxyl groups excluding tert-OH is 1. The van der Waals surface area contributed by atoms with E-state index in [0.717, 1.165) is 28.8 Å². The molecule has 4 nitrogen and oxygen atoms in total. The number of nitrogens with one attached hydrogen (secondary N) is 1. The van der Waals surface area contributed by atoms with Gasteiger partial charge in [0, 0.05) is 43.4 Å². The summed E-state index contributed by atoms with van der Waals surface area (Å²) in [5.74, 6) is 0.0700. The SMILES string of the molecule is CO.[Be+2].[O-]c1cccc2ccc3ccc[nH+]c3c12.[OH-].[Zn]. The van der Waals surface area contributed by atoms with E-state index < -0.39 is 0 Å². The molecule has 0 aliphatic rings. The Morgan fingerprint density at radius 3 is 2.25 bits per heavy atom. The van der Waals surface area contributed by atoms with Crippen molar-refractivity contribution in [1.29, 1.82) is 0 Å². The van der Waals surface area contributed by atoms with Gasteiger partial charge in [0.15, 0.2) is 6.20 Å². The van der Waals surface area contributed by atoms with Gasteiger partial charge >= 0.3 is 10.1 Å². The molecule has 1 aromatic heterocycles. The fraction of sp³-hybridized carbons (Fsp3) is 0.0714. The minimum absolute atomic E-state index is 0. The van der Waals surface area contributed by atoms with Gasteiger partial charge in [-0.05, 0) is 17.5 Å². The van der Waals surface area contributed by atoms with Crippen LogP contribution in [-0.2, 0) is 19.5 Å². The van der Waals surface area contributed by atoms with E-state index in [-0.39, 0.29) is 40.8 Å². The second-order valence-corrected chi connectivity index (χ2v) is 3.55. The van der Waals surface area contributed by atoms with Crippen LogP contribution in [0.2, 0.25) is 0 Å². The molecule has 1 heterocycles. The van der Waals surface area contributed by atoms with E-state index in [0.29, 0.717) is 0 Å². The normalized spacial score (nSPS) is 8.50. The van der Waals surface area contributed by atoms with Crippen LogP contribution in [0.3, 0.4) is 0 Å². The molecular formula is C14H14BeNO3Zn+. The summed E-state index contributed by atoms with van der Waals surface area (Å²) in [6.07, 6.45) is 1.84. The molecule has 3 rings (SSSR count). The molecule has 0 aliphatic heterocycles. The molecule has 0 radical (unpaired) electrons. The standard InChI is InChI=1S/C13H9NO.CH4O.Be.H2O.Zn/c15-11-5-1-3-9-6-7-10-4-2-8-14-13(10)12(9)11;1-2;;;/h1-8,15H;2H,1H3;;1H2;/q;;+2;;/p-1. The average Bonchev–Trinajstić information content (AvgIpc) is 2.41. The van der Waals surface area contributed by atoms with Gasteiger partial charge in [0.25, 0.3) is 0 Å². The van der Waals surface area contributed by atoms with Crippen LogP contribution in [0, 0.1) is 0 Å². The zero-order chi connectivity index (χ0) is 12.3. The predicted molar refractivity (Wildman–Crippen MR) is 73.3 cm³/mol. The van der Waals surface area contributed by atoms with Gasteiger partial charge in [-0.3, -0.25) is 0 Å². The number of hydrogen-bond donors (Lipinski definition) is 1. The van der Waals surface area contributed by atoms with Crippen molar-refractivity contribution in [1.82, 2.24) is 0 Å². The quantitative estimate of drug-likeness (QED) is 0.494. The van der Waals surface area contributed by atoms with E-state index in [2.05, 4.69) is 4.98 Å². The van der Waals surface area contributed by atoms with E-state index in [1.165, 1.54) is 0 Å². The number of aromatic amines is 1. The minimum Gasteiger partial charge on any atom is -0.872 e. The first kappa shape index (κ1) is 20.9. The first-order valence-corrected chi connectivity index (χ1v) is 5.30. The van der Waals surface area contributed by atoms with E-state index in [1.807, 2.05) is 36.5 Å². The molecular weight excluding hydrogens is 305 g/mol. The smallest absolute Gasteiger partial charge is 0.872 e. The van der Waals surface area contributed by atoms with Crippen LogP contribution in [-0.4, -0.2) is 27.8 Å². The van der Waals surface area contributed by atoms with Crippen LogP contribution in [0.15, 0.2) is 48.7 Å². The Morgan fingerprint density at radius 2 is 1.55 bits per heavy atom. The Morgan fingerprint density at radius 1 is 0.950 bits per heavy atom. The Kier molecular flexibility index (Phi) is 9.96. The second-order valence-electron chi connectivity index (χ2n) is 3.55. The number of hydrogen-bond acceptors (Lipinski definition) is 3. The fourth-order valence-corrected chi connectivity index (χ4v) is 1.94. The van der Waals surface area contributed by atoms with Crippen LogP contribution in [0.25, 0.3) is 21.7 Å². The van der Waals surface area contributed by atoms with Crippen molar-refractivity contribution in [2.24, 2.45) is 0 Å². The van der Waals surface area contributed by atoms with Crippen molar-refractivity contribution in [3.05, 3.63) is 48.7 Å². The maximum absolute atomic E-state index is 11.8. The second kappa shape index (κ2) is 9.51. The summed E-state index contributed by atoms with van der Waals surface area (Å²) in [6.45, 7) is 0. The summed E-state index contributed by atoms with van der Waals surface area (Å²) in [7, 11) is 1.00. The van der Waals surface area contributed by atoms with Gasteiger partial charge < -0.3 is 15.7 Å². The zero-order valence-corrected chi connectivity index (χ0v) is 14.3. The van der Waals surface area contributed by atoms with Gasteiger partial charge in [-0.2, -0.15) is 0 Å². The maximum atomic E-state index is 11.8. The number of rotatable bonds is 0. The van der Waals surface area contributed by atoms with Gasteiger partial charge in [0.2, 0.25) is 5.52 Å². The molecule has 0 fully saturated rings. The first-order chi connectivity index (χ1) is 8.36. The number of aliphatic hydroxyl groups is 1. The van der Waals surface area contributed by atoms with Crippen molar-refractivity contribution in [3.8, 4) is 5.75 Å². The Bertz CT molecular complexity index is 664. The average molecular weight is 319 g/mol. The number of pyridine rings is 1. The summed E-state index contributed by atoms with van der Waals surface area (Å²) < 4.78 is 0. The predicted octanol–water partition coefficient (Wildman–Crippen LogP) is 0.929. The molecule has 0 atom stereocenters. The van der Waals surface area contributed by atoms with E-state index in [1.54, 1.807) is 12.1 Å². The monoisotopic (exact) mass is 317 g/mol. The molecule has 0 saturated carbocycles. The van der Waals surface area contributed by atoms with Crippen molar-refractivity contribution in [3.63, 3.8) is 0 Å². The van der Waals surface area contributed by atoms with E-state index in [4.69, 9.17) is 5.11 Å². The molecule has 0 bridgehead atoms.